The average molecular weight is 488 g/mol. The Morgan fingerprint density at radius 2 is 2.00 bits per heavy atom. The van der Waals surface area contributed by atoms with Gasteiger partial charge < -0.3 is 16.0 Å². The van der Waals surface area contributed by atoms with E-state index in [1.165, 1.54) is 18.4 Å². The summed E-state index contributed by atoms with van der Waals surface area (Å²) in [7, 11) is 1.60. The molecule has 2 aliphatic rings. The summed E-state index contributed by atoms with van der Waals surface area (Å²) in [6, 6.07) is 13.6. The lowest BCUT2D eigenvalue weighted by molar-refractivity contribution is -0.125. The minimum Gasteiger partial charge on any atom is -0.401 e. The molecule has 2 aromatic carbocycles. The number of hydrogen-bond acceptors (Lipinski definition) is 5. The van der Waals surface area contributed by atoms with Crippen LogP contribution in [0.3, 0.4) is 0 Å². The first-order chi connectivity index (χ1) is 17.4. The van der Waals surface area contributed by atoms with Crippen molar-refractivity contribution in [1.29, 1.82) is 0 Å². The maximum Gasteiger partial charge on any atom is 0.255 e. The van der Waals surface area contributed by atoms with E-state index in [1.54, 1.807) is 29.2 Å². The second-order valence-corrected chi connectivity index (χ2v) is 9.80. The minimum absolute atomic E-state index is 0.105. The van der Waals surface area contributed by atoms with E-state index >= 15 is 0 Å². The molecule has 1 unspecified atom stereocenters. The van der Waals surface area contributed by atoms with Crippen molar-refractivity contribution in [2.75, 3.05) is 12.1 Å². The number of amides is 2. The summed E-state index contributed by atoms with van der Waals surface area (Å²) < 4.78 is 0. The van der Waals surface area contributed by atoms with E-state index in [2.05, 4.69) is 24.0 Å². The lowest BCUT2D eigenvalue weighted by Gasteiger charge is -2.26. The van der Waals surface area contributed by atoms with Crippen LogP contribution in [-0.4, -0.2) is 29.8 Å². The standard InChI is InChI=1S/C29H37N5O2/c1-3-4-8-27(28(35)32-2)33-19-26-22(6-5-7-25(26)29(33)36)13-14-23(30)18-34(31)24-15-11-21(12-16-24)17-20-9-10-20/h3,5-7,11-12,15-16,18,20,27H,1,4,8-10,13-14,17,19,30-31H2,2H3,(H,32,35)/b23-18-. The largest absolute Gasteiger partial charge is 0.401 e. The van der Waals surface area contributed by atoms with E-state index < -0.39 is 6.04 Å². The fourth-order valence-corrected chi connectivity index (χ4v) is 4.83. The van der Waals surface area contributed by atoms with E-state index in [0.29, 0.717) is 43.5 Å². The number of nitrogens with zero attached hydrogens (tertiary/aromatic N) is 2. The Bertz CT molecular complexity index is 1140. The zero-order valence-electron chi connectivity index (χ0n) is 21.1. The minimum atomic E-state index is -0.521. The Hall–Kier alpha value is -3.58. The summed E-state index contributed by atoms with van der Waals surface area (Å²) in [6.07, 6.45) is 9.83. The molecule has 1 fully saturated rings. The number of rotatable bonds is 12. The molecule has 0 spiro atoms. The van der Waals surface area contributed by atoms with Gasteiger partial charge in [-0.3, -0.25) is 14.6 Å². The van der Waals surface area contributed by atoms with Gasteiger partial charge in [0.25, 0.3) is 5.91 Å². The zero-order valence-corrected chi connectivity index (χ0v) is 21.1. The maximum atomic E-state index is 13.2. The van der Waals surface area contributed by atoms with Gasteiger partial charge in [0.2, 0.25) is 5.91 Å². The van der Waals surface area contributed by atoms with Gasteiger partial charge in [0, 0.05) is 31.1 Å². The first-order valence-electron chi connectivity index (χ1n) is 12.7. The molecule has 36 heavy (non-hydrogen) atoms. The molecule has 4 rings (SSSR count). The molecule has 2 amide bonds. The highest BCUT2D eigenvalue weighted by Gasteiger charge is 2.36. The van der Waals surface area contributed by atoms with Crippen molar-refractivity contribution in [1.82, 2.24) is 10.2 Å². The summed E-state index contributed by atoms with van der Waals surface area (Å²) >= 11 is 0. The van der Waals surface area contributed by atoms with Gasteiger partial charge in [0.15, 0.2) is 0 Å². The van der Waals surface area contributed by atoms with Gasteiger partial charge in [0.1, 0.15) is 6.04 Å². The highest BCUT2D eigenvalue weighted by atomic mass is 16.2. The van der Waals surface area contributed by atoms with Crippen LogP contribution in [-0.2, 0) is 24.2 Å². The highest BCUT2D eigenvalue weighted by molar-refractivity contribution is 6.01. The zero-order chi connectivity index (χ0) is 25.7. The third-order valence-corrected chi connectivity index (χ3v) is 7.11. The number of likely N-dealkylation sites (N-methyl/N-ethyl adjacent to an activating group) is 1. The Labute approximate surface area is 213 Å². The fourth-order valence-electron chi connectivity index (χ4n) is 4.83. The van der Waals surface area contributed by atoms with Crippen LogP contribution in [0.25, 0.3) is 0 Å². The predicted molar refractivity (Wildman–Crippen MR) is 144 cm³/mol. The molecule has 5 N–H and O–H groups in total. The molecule has 0 bridgehead atoms. The molecule has 1 aliphatic carbocycles. The molecule has 7 nitrogen and oxygen atoms in total. The molecular weight excluding hydrogens is 450 g/mol. The normalized spacial score (nSPS) is 16.0. The van der Waals surface area contributed by atoms with Crippen LogP contribution >= 0.6 is 0 Å². The summed E-state index contributed by atoms with van der Waals surface area (Å²) in [4.78, 5) is 27.3. The van der Waals surface area contributed by atoms with Gasteiger partial charge in [-0.1, -0.05) is 30.3 Å². The van der Waals surface area contributed by atoms with Crippen LogP contribution < -0.4 is 21.9 Å². The number of benzene rings is 2. The van der Waals surface area contributed by atoms with Crippen LogP contribution in [0.1, 0.15) is 59.2 Å². The third kappa shape index (κ3) is 5.97. The number of aryl methyl sites for hydroxylation is 1. The number of carbonyl (C=O) groups excluding carboxylic acids is 2. The molecule has 190 valence electrons. The predicted octanol–water partition coefficient (Wildman–Crippen LogP) is 3.79. The average Bonchev–Trinajstić information content (AvgIpc) is 3.64. The van der Waals surface area contributed by atoms with Gasteiger partial charge in [-0.15, -0.1) is 6.58 Å². The molecule has 0 saturated heterocycles. The van der Waals surface area contributed by atoms with Crippen molar-refractivity contribution in [2.45, 2.75) is 57.5 Å². The summed E-state index contributed by atoms with van der Waals surface area (Å²) in [5.41, 5.74) is 11.9. The number of hydrazine groups is 1. The number of fused-ring (bicyclic) bond motifs is 1. The molecular formula is C29H37N5O2. The Morgan fingerprint density at radius 3 is 2.67 bits per heavy atom. The Kier molecular flexibility index (Phi) is 8.10. The van der Waals surface area contributed by atoms with Crippen LogP contribution in [0.4, 0.5) is 5.69 Å². The van der Waals surface area contributed by atoms with Gasteiger partial charge in [0.05, 0.1) is 5.69 Å². The van der Waals surface area contributed by atoms with Gasteiger partial charge in [-0.25, -0.2) is 5.84 Å². The van der Waals surface area contributed by atoms with Gasteiger partial charge >= 0.3 is 0 Å². The lowest BCUT2D eigenvalue weighted by atomic mass is 9.99. The third-order valence-electron chi connectivity index (χ3n) is 7.11. The summed E-state index contributed by atoms with van der Waals surface area (Å²) in [5.74, 6) is 6.84. The van der Waals surface area contributed by atoms with Crippen LogP contribution in [0.15, 0.2) is 67.0 Å². The smallest absolute Gasteiger partial charge is 0.255 e. The number of nitrogens with two attached hydrogens (primary N) is 2. The van der Waals surface area contributed by atoms with Gasteiger partial charge in [-0.2, -0.15) is 0 Å². The van der Waals surface area contributed by atoms with Crippen molar-refractivity contribution in [3.8, 4) is 0 Å². The van der Waals surface area contributed by atoms with E-state index in [-0.39, 0.29) is 11.8 Å². The first kappa shape index (κ1) is 25.5. The topological polar surface area (TPSA) is 105 Å². The summed E-state index contributed by atoms with van der Waals surface area (Å²) in [6.45, 7) is 4.17. The Morgan fingerprint density at radius 1 is 1.25 bits per heavy atom. The number of nitrogens with one attached hydrogen (secondary N) is 1. The molecule has 1 aliphatic heterocycles. The van der Waals surface area contributed by atoms with Crippen LogP contribution in [0, 0.1) is 5.92 Å². The van der Waals surface area contributed by atoms with E-state index in [9.17, 15) is 9.59 Å². The van der Waals surface area contributed by atoms with Crippen molar-refractivity contribution in [3.63, 3.8) is 0 Å². The number of hydrogen-bond donors (Lipinski definition) is 3. The second-order valence-electron chi connectivity index (χ2n) is 9.80. The number of allylic oxidation sites excluding steroid dienone is 2. The van der Waals surface area contributed by atoms with Gasteiger partial charge in [-0.05, 0) is 85.8 Å². The quantitative estimate of drug-likeness (QED) is 0.240. The summed E-state index contributed by atoms with van der Waals surface area (Å²) in [5, 5.41) is 4.25. The van der Waals surface area contributed by atoms with Crippen molar-refractivity contribution < 1.29 is 9.59 Å². The Balaban J connectivity index is 1.41. The van der Waals surface area contributed by atoms with Crippen molar-refractivity contribution in [2.24, 2.45) is 17.5 Å². The molecule has 1 heterocycles. The van der Waals surface area contributed by atoms with Crippen LogP contribution in [0.5, 0.6) is 0 Å². The number of anilines is 1. The van der Waals surface area contributed by atoms with Crippen molar-refractivity contribution >= 4 is 17.5 Å². The van der Waals surface area contributed by atoms with E-state index in [0.717, 1.165) is 29.2 Å². The highest BCUT2D eigenvalue weighted by Crippen LogP contribution is 2.33. The lowest BCUT2D eigenvalue weighted by Crippen LogP contribution is -2.46. The van der Waals surface area contributed by atoms with E-state index in [1.807, 2.05) is 30.3 Å². The maximum absolute atomic E-state index is 13.2. The molecule has 0 radical (unpaired) electrons. The molecule has 1 atom stereocenters. The second kappa shape index (κ2) is 11.4. The monoisotopic (exact) mass is 487 g/mol. The number of carbonyl (C=O) groups is 2. The van der Waals surface area contributed by atoms with Crippen LogP contribution in [0.2, 0.25) is 0 Å². The molecule has 0 aromatic heterocycles. The molecule has 2 aromatic rings. The first-order valence-corrected chi connectivity index (χ1v) is 12.7. The molecule has 7 heteroatoms. The fraction of sp³-hybridized carbons (Fsp3) is 0.379. The van der Waals surface area contributed by atoms with E-state index in [4.69, 9.17) is 11.6 Å². The SMILES string of the molecule is C=CCCC(C(=O)NC)N1Cc2c(CC/C(N)=C/N(N)c3ccc(CC4CC4)cc3)cccc2C1=O. The van der Waals surface area contributed by atoms with Crippen molar-refractivity contribution in [3.05, 3.63) is 89.3 Å². The molecule has 1 saturated carbocycles.